The molecule has 2 heteroatoms. The van der Waals surface area contributed by atoms with Gasteiger partial charge in [-0.3, -0.25) is 4.98 Å². The lowest BCUT2D eigenvalue weighted by Crippen LogP contribution is -2.13. The monoisotopic (exact) mass is 407 g/mol. The quantitative estimate of drug-likeness (QED) is 0.467. The summed E-state index contributed by atoms with van der Waals surface area (Å²) in [5.41, 5.74) is 3.90. The Labute approximate surface area is 182 Å². The molecular weight excluding hydrogens is 369 g/mol. The van der Waals surface area contributed by atoms with Gasteiger partial charge in [0.15, 0.2) is 0 Å². The molecule has 0 saturated heterocycles. The van der Waals surface area contributed by atoms with Crippen molar-refractivity contribution in [3.63, 3.8) is 0 Å². The van der Waals surface area contributed by atoms with Crippen molar-refractivity contribution in [1.82, 2.24) is 4.98 Å². The molecule has 2 aromatic rings. The lowest BCUT2D eigenvalue weighted by atomic mass is 9.77. The van der Waals surface area contributed by atoms with Crippen LogP contribution >= 0.6 is 0 Å². The van der Waals surface area contributed by atoms with Gasteiger partial charge < -0.3 is 0 Å². The number of rotatable bonds is 6. The molecule has 0 N–H and O–H groups in total. The predicted molar refractivity (Wildman–Crippen MR) is 124 cm³/mol. The Morgan fingerprint density at radius 1 is 0.867 bits per heavy atom. The van der Waals surface area contributed by atoms with Gasteiger partial charge in [0, 0.05) is 11.8 Å². The summed E-state index contributed by atoms with van der Waals surface area (Å²) in [5, 5.41) is 0. The van der Waals surface area contributed by atoms with Gasteiger partial charge in [0.05, 0.1) is 5.69 Å². The molecule has 0 bridgehead atoms. The number of aromatic nitrogens is 1. The number of halogens is 1. The van der Waals surface area contributed by atoms with Crippen LogP contribution in [0.5, 0.6) is 0 Å². The van der Waals surface area contributed by atoms with Gasteiger partial charge in [-0.25, -0.2) is 4.39 Å². The SMILES string of the molecule is CCCC[C@H]1CC[C@H](c2ccc(-c3ccc([C@H]4CC[C@H](C)CC4)cc3F)nc2)CC1. The molecule has 1 aromatic heterocycles. The predicted octanol–water partition coefficient (Wildman–Crippen LogP) is 8.65. The first-order valence-corrected chi connectivity index (χ1v) is 12.4. The molecule has 1 nitrogen and oxygen atoms in total. The molecule has 0 spiro atoms. The van der Waals surface area contributed by atoms with E-state index in [0.29, 0.717) is 17.4 Å². The molecule has 4 rings (SSSR count). The van der Waals surface area contributed by atoms with Gasteiger partial charge in [-0.2, -0.15) is 0 Å². The second-order valence-corrected chi connectivity index (χ2v) is 10.0. The molecule has 2 aliphatic carbocycles. The zero-order chi connectivity index (χ0) is 20.9. The molecule has 1 aromatic carbocycles. The summed E-state index contributed by atoms with van der Waals surface area (Å²) in [6, 6.07) is 10.1. The summed E-state index contributed by atoms with van der Waals surface area (Å²) in [4.78, 5) is 4.67. The Balaban J connectivity index is 1.39. The molecule has 0 unspecified atom stereocenters. The van der Waals surface area contributed by atoms with Crippen molar-refractivity contribution in [3.8, 4) is 11.3 Å². The molecule has 0 aliphatic heterocycles. The molecule has 0 amide bonds. The van der Waals surface area contributed by atoms with Gasteiger partial charge in [-0.1, -0.05) is 58.1 Å². The van der Waals surface area contributed by atoms with Crippen molar-refractivity contribution in [3.05, 3.63) is 53.5 Å². The number of unbranched alkanes of at least 4 members (excludes halogenated alkanes) is 1. The zero-order valence-electron chi connectivity index (χ0n) is 18.9. The van der Waals surface area contributed by atoms with Crippen LogP contribution in [-0.4, -0.2) is 4.98 Å². The van der Waals surface area contributed by atoms with Gasteiger partial charge in [-0.05, 0) is 91.5 Å². The van der Waals surface area contributed by atoms with Crippen LogP contribution in [0.3, 0.4) is 0 Å². The second-order valence-electron chi connectivity index (χ2n) is 10.0. The van der Waals surface area contributed by atoms with Gasteiger partial charge in [0.25, 0.3) is 0 Å². The second kappa shape index (κ2) is 10.1. The Morgan fingerprint density at radius 2 is 1.53 bits per heavy atom. The number of benzene rings is 1. The van der Waals surface area contributed by atoms with E-state index in [0.717, 1.165) is 17.5 Å². The Kier molecular flexibility index (Phi) is 7.23. The van der Waals surface area contributed by atoms with Crippen LogP contribution in [0.1, 0.15) is 107 Å². The third kappa shape index (κ3) is 5.13. The van der Waals surface area contributed by atoms with Crippen LogP contribution in [0.25, 0.3) is 11.3 Å². The topological polar surface area (TPSA) is 12.9 Å². The van der Waals surface area contributed by atoms with Crippen LogP contribution in [0.15, 0.2) is 36.5 Å². The zero-order valence-corrected chi connectivity index (χ0v) is 18.9. The lowest BCUT2D eigenvalue weighted by Gasteiger charge is -2.28. The van der Waals surface area contributed by atoms with Crippen molar-refractivity contribution in [2.75, 3.05) is 0 Å². The van der Waals surface area contributed by atoms with Gasteiger partial charge in [0.2, 0.25) is 0 Å². The highest BCUT2D eigenvalue weighted by Gasteiger charge is 2.23. The Bertz CT molecular complexity index is 796. The summed E-state index contributed by atoms with van der Waals surface area (Å²) in [7, 11) is 0. The minimum Gasteiger partial charge on any atom is -0.256 e. The van der Waals surface area contributed by atoms with E-state index in [1.165, 1.54) is 81.8 Å². The fourth-order valence-electron chi connectivity index (χ4n) is 5.67. The highest BCUT2D eigenvalue weighted by molar-refractivity contribution is 5.60. The summed E-state index contributed by atoms with van der Waals surface area (Å²) in [5.74, 6) is 2.77. The normalized spacial score (nSPS) is 27.2. The molecule has 0 radical (unpaired) electrons. The van der Waals surface area contributed by atoms with E-state index in [1.807, 2.05) is 18.3 Å². The van der Waals surface area contributed by atoms with Crippen molar-refractivity contribution in [2.45, 2.75) is 96.3 Å². The smallest absolute Gasteiger partial charge is 0.132 e. The number of hydrogen-bond acceptors (Lipinski definition) is 1. The Morgan fingerprint density at radius 3 is 2.17 bits per heavy atom. The standard InChI is InChI=1S/C28H38FN/c1-3-4-5-21-8-12-23(13-9-21)25-15-17-28(30-19-25)26-16-14-24(18-27(26)29)22-10-6-20(2)7-11-22/h14-23H,3-13H2,1-2H3/t20-,21-,22-,23-. The highest BCUT2D eigenvalue weighted by Crippen LogP contribution is 2.39. The van der Waals surface area contributed by atoms with Crippen LogP contribution in [0, 0.1) is 17.7 Å². The fraction of sp³-hybridized carbons (Fsp3) is 0.607. The van der Waals surface area contributed by atoms with Crippen LogP contribution in [-0.2, 0) is 0 Å². The molecule has 30 heavy (non-hydrogen) atoms. The first-order chi connectivity index (χ1) is 14.6. The molecular formula is C28H38FN. The van der Waals surface area contributed by atoms with Gasteiger partial charge in [0.1, 0.15) is 5.82 Å². The van der Waals surface area contributed by atoms with E-state index in [1.54, 1.807) is 6.07 Å². The molecule has 2 fully saturated rings. The van der Waals surface area contributed by atoms with Crippen LogP contribution in [0.4, 0.5) is 4.39 Å². The minimum atomic E-state index is -0.122. The molecule has 162 valence electrons. The van der Waals surface area contributed by atoms with Crippen molar-refractivity contribution in [1.29, 1.82) is 0 Å². The maximum atomic E-state index is 14.9. The molecule has 2 saturated carbocycles. The number of pyridine rings is 1. The lowest BCUT2D eigenvalue weighted by molar-refractivity contribution is 0.304. The number of nitrogens with zero attached hydrogens (tertiary/aromatic N) is 1. The van der Waals surface area contributed by atoms with E-state index in [2.05, 4.69) is 31.0 Å². The molecule has 1 heterocycles. The summed E-state index contributed by atoms with van der Waals surface area (Å²) in [6.45, 7) is 4.61. The van der Waals surface area contributed by atoms with Gasteiger partial charge in [-0.15, -0.1) is 0 Å². The van der Waals surface area contributed by atoms with E-state index < -0.39 is 0 Å². The first-order valence-electron chi connectivity index (χ1n) is 12.4. The maximum Gasteiger partial charge on any atom is 0.132 e. The molecule has 0 atom stereocenters. The highest BCUT2D eigenvalue weighted by atomic mass is 19.1. The molecule has 2 aliphatic rings. The van der Waals surface area contributed by atoms with E-state index in [4.69, 9.17) is 0 Å². The minimum absolute atomic E-state index is 0.122. The van der Waals surface area contributed by atoms with Crippen LogP contribution in [0.2, 0.25) is 0 Å². The summed E-state index contributed by atoms with van der Waals surface area (Å²) in [6.07, 6.45) is 16.2. The summed E-state index contributed by atoms with van der Waals surface area (Å²) < 4.78 is 14.9. The summed E-state index contributed by atoms with van der Waals surface area (Å²) >= 11 is 0. The third-order valence-corrected chi connectivity index (χ3v) is 7.83. The van der Waals surface area contributed by atoms with Crippen molar-refractivity contribution >= 4 is 0 Å². The average molecular weight is 408 g/mol. The average Bonchev–Trinajstić information content (AvgIpc) is 2.79. The third-order valence-electron chi connectivity index (χ3n) is 7.83. The van der Waals surface area contributed by atoms with Crippen molar-refractivity contribution in [2.24, 2.45) is 11.8 Å². The largest absolute Gasteiger partial charge is 0.256 e. The van der Waals surface area contributed by atoms with E-state index >= 15 is 0 Å². The van der Waals surface area contributed by atoms with Gasteiger partial charge >= 0.3 is 0 Å². The maximum absolute atomic E-state index is 14.9. The Hall–Kier alpha value is -1.70. The first kappa shape index (κ1) is 21.5. The van der Waals surface area contributed by atoms with Crippen LogP contribution < -0.4 is 0 Å². The van der Waals surface area contributed by atoms with E-state index in [9.17, 15) is 4.39 Å². The van der Waals surface area contributed by atoms with Crippen molar-refractivity contribution < 1.29 is 4.39 Å². The number of hydrogen-bond donors (Lipinski definition) is 0. The fourth-order valence-corrected chi connectivity index (χ4v) is 5.67. The van der Waals surface area contributed by atoms with E-state index in [-0.39, 0.29) is 5.82 Å².